The number of hydrogen-bond acceptors (Lipinski definition) is 3. The summed E-state index contributed by atoms with van der Waals surface area (Å²) in [6, 6.07) is 5.00. The molecule has 0 spiro atoms. The second-order valence-corrected chi connectivity index (χ2v) is 6.16. The minimum atomic E-state index is -1.12. The number of halogens is 1. The Balaban J connectivity index is 1.95. The van der Waals surface area contributed by atoms with Gasteiger partial charge in [-0.3, -0.25) is 14.5 Å². The lowest BCUT2D eigenvalue weighted by atomic mass is 10.1. The van der Waals surface area contributed by atoms with E-state index in [9.17, 15) is 19.5 Å². The molecule has 0 aliphatic carbocycles. The van der Waals surface area contributed by atoms with Crippen LogP contribution in [0.15, 0.2) is 54.7 Å². The lowest BCUT2D eigenvalue weighted by Crippen LogP contribution is -2.33. The number of carboxylic acids is 1. The molecule has 0 saturated carbocycles. The summed E-state index contributed by atoms with van der Waals surface area (Å²) in [4.78, 5) is 40.3. The number of amides is 2. The topological polar surface area (TPSA) is 90.5 Å². The maximum Gasteiger partial charge on any atom is 0.352 e. The number of carbonyl (C=O) groups is 3. The van der Waals surface area contributed by atoms with Gasteiger partial charge in [-0.15, -0.1) is 0 Å². The maximum atomic E-state index is 12.4. The second kappa shape index (κ2) is 6.65. The van der Waals surface area contributed by atoms with Crippen LogP contribution in [0.2, 0.25) is 5.02 Å². The van der Waals surface area contributed by atoms with Gasteiger partial charge in [-0.25, -0.2) is 4.79 Å². The van der Waals surface area contributed by atoms with Crippen LogP contribution in [0.25, 0.3) is 10.9 Å². The van der Waals surface area contributed by atoms with Crippen molar-refractivity contribution in [2.75, 3.05) is 6.54 Å². The van der Waals surface area contributed by atoms with Crippen LogP contribution in [0.5, 0.6) is 0 Å². The number of carbonyl (C=O) groups excluding carboxylic acids is 2. The van der Waals surface area contributed by atoms with E-state index in [2.05, 4.69) is 18.1 Å². The fraction of sp³-hybridized carbons (Fsp3) is 0.105. The third-order valence-corrected chi connectivity index (χ3v) is 4.55. The number of hydrogen-bond donors (Lipinski definition) is 2. The lowest BCUT2D eigenvalue weighted by molar-refractivity contribution is -0.137. The molecule has 7 heteroatoms. The first-order chi connectivity index (χ1) is 12.4. The first-order valence-electron chi connectivity index (χ1n) is 7.77. The average Bonchev–Trinajstić information content (AvgIpc) is 3.07. The Labute approximate surface area is 154 Å². The molecule has 3 rings (SSSR count). The van der Waals surface area contributed by atoms with Crippen molar-refractivity contribution in [3.05, 3.63) is 70.9 Å². The molecule has 2 aromatic rings. The summed E-state index contributed by atoms with van der Waals surface area (Å²) in [7, 11) is 0. The minimum Gasteiger partial charge on any atom is -0.477 e. The molecule has 26 heavy (non-hydrogen) atoms. The van der Waals surface area contributed by atoms with Crippen molar-refractivity contribution in [1.82, 2.24) is 9.88 Å². The van der Waals surface area contributed by atoms with Gasteiger partial charge in [-0.05, 0) is 30.2 Å². The number of H-pyrrole nitrogens is 1. The highest BCUT2D eigenvalue weighted by molar-refractivity contribution is 6.31. The summed E-state index contributed by atoms with van der Waals surface area (Å²) >= 11 is 6.02. The Bertz CT molecular complexity index is 986. The summed E-state index contributed by atoms with van der Waals surface area (Å²) in [5.74, 6) is -2.05. The van der Waals surface area contributed by atoms with E-state index >= 15 is 0 Å². The molecule has 1 aliphatic rings. The molecule has 2 heterocycles. The highest BCUT2D eigenvalue weighted by atomic mass is 35.5. The molecule has 2 amide bonds. The van der Waals surface area contributed by atoms with Crippen LogP contribution >= 0.6 is 11.6 Å². The van der Waals surface area contributed by atoms with E-state index in [4.69, 9.17) is 11.6 Å². The Morgan fingerprint density at radius 1 is 1.19 bits per heavy atom. The fourth-order valence-corrected chi connectivity index (χ4v) is 3.27. The van der Waals surface area contributed by atoms with Crippen LogP contribution in [0.3, 0.4) is 0 Å². The molecule has 1 aliphatic heterocycles. The SMILES string of the molecule is C=CC1=C(C=C)C(=O)N(CCc2c(C(=O)O)[nH]c3ccc(Cl)cc23)C1=O. The Morgan fingerprint density at radius 2 is 1.81 bits per heavy atom. The number of benzene rings is 1. The number of aromatic carboxylic acids is 1. The van der Waals surface area contributed by atoms with Crippen molar-refractivity contribution < 1.29 is 19.5 Å². The van der Waals surface area contributed by atoms with Crippen LogP contribution in [0, 0.1) is 0 Å². The number of rotatable bonds is 6. The van der Waals surface area contributed by atoms with Gasteiger partial charge in [-0.1, -0.05) is 36.9 Å². The number of nitrogens with zero attached hydrogens (tertiary/aromatic N) is 1. The summed E-state index contributed by atoms with van der Waals surface area (Å²) in [5, 5.41) is 10.6. The van der Waals surface area contributed by atoms with E-state index < -0.39 is 17.8 Å². The molecule has 0 unspecified atom stereocenters. The van der Waals surface area contributed by atoms with Crippen molar-refractivity contribution >= 4 is 40.3 Å². The third-order valence-electron chi connectivity index (χ3n) is 4.32. The Kier molecular flexibility index (Phi) is 4.52. The minimum absolute atomic E-state index is 0.0159. The first kappa shape index (κ1) is 17.7. The van der Waals surface area contributed by atoms with Crippen molar-refractivity contribution in [2.45, 2.75) is 6.42 Å². The second-order valence-electron chi connectivity index (χ2n) is 5.72. The highest BCUT2D eigenvalue weighted by Gasteiger charge is 2.35. The van der Waals surface area contributed by atoms with Crippen molar-refractivity contribution in [1.29, 1.82) is 0 Å². The molecular formula is C19H15ClN2O4. The monoisotopic (exact) mass is 370 g/mol. The van der Waals surface area contributed by atoms with E-state index in [0.717, 1.165) is 4.90 Å². The zero-order valence-electron chi connectivity index (χ0n) is 13.7. The number of carboxylic acid groups (broad SMARTS) is 1. The van der Waals surface area contributed by atoms with E-state index in [1.165, 1.54) is 12.2 Å². The average molecular weight is 371 g/mol. The molecule has 0 fully saturated rings. The molecule has 6 nitrogen and oxygen atoms in total. The van der Waals surface area contributed by atoms with Crippen LogP contribution < -0.4 is 0 Å². The number of nitrogens with one attached hydrogen (secondary N) is 1. The zero-order valence-corrected chi connectivity index (χ0v) is 14.5. The number of imide groups is 1. The molecular weight excluding hydrogens is 356 g/mol. The summed E-state index contributed by atoms with van der Waals surface area (Å²) < 4.78 is 0. The van der Waals surface area contributed by atoms with Gasteiger partial charge in [0.1, 0.15) is 5.69 Å². The summed E-state index contributed by atoms with van der Waals surface area (Å²) in [6.45, 7) is 7.14. The molecule has 0 atom stereocenters. The van der Waals surface area contributed by atoms with Crippen molar-refractivity contribution in [3.8, 4) is 0 Å². The first-order valence-corrected chi connectivity index (χ1v) is 8.15. The largest absolute Gasteiger partial charge is 0.477 e. The van der Waals surface area contributed by atoms with Crippen LogP contribution in [0.4, 0.5) is 0 Å². The smallest absolute Gasteiger partial charge is 0.352 e. The predicted molar refractivity (Wildman–Crippen MR) is 98.1 cm³/mol. The predicted octanol–water partition coefficient (Wildman–Crippen LogP) is 3.10. The standard InChI is InChI=1S/C19H15ClN2O4/c1-3-11-12(4-2)18(24)22(17(11)23)8-7-13-14-9-10(20)5-6-15(14)21-16(13)19(25)26/h3-6,9,21H,1-2,7-8H2,(H,25,26). The van der Waals surface area contributed by atoms with Crippen molar-refractivity contribution in [3.63, 3.8) is 0 Å². The fourth-order valence-electron chi connectivity index (χ4n) is 3.10. The van der Waals surface area contributed by atoms with Gasteiger partial charge < -0.3 is 10.1 Å². The molecule has 0 radical (unpaired) electrons. The van der Waals surface area contributed by atoms with Gasteiger partial charge in [0, 0.05) is 22.5 Å². The number of aromatic nitrogens is 1. The normalized spacial score (nSPS) is 14.4. The van der Waals surface area contributed by atoms with Crippen LogP contribution in [-0.4, -0.2) is 39.3 Å². The quantitative estimate of drug-likeness (QED) is 0.764. The summed E-state index contributed by atoms with van der Waals surface area (Å²) in [5.41, 5.74) is 1.53. The molecule has 0 saturated heterocycles. The van der Waals surface area contributed by atoms with Crippen LogP contribution in [-0.2, 0) is 16.0 Å². The molecule has 132 valence electrons. The van der Waals surface area contributed by atoms with E-state index in [-0.39, 0.29) is 29.8 Å². The van der Waals surface area contributed by atoms with Crippen molar-refractivity contribution in [2.24, 2.45) is 0 Å². The number of aromatic amines is 1. The molecule has 1 aromatic carbocycles. The van der Waals surface area contributed by atoms with E-state index in [1.54, 1.807) is 18.2 Å². The van der Waals surface area contributed by atoms with Crippen LogP contribution in [0.1, 0.15) is 16.1 Å². The van der Waals surface area contributed by atoms with Gasteiger partial charge in [0.15, 0.2) is 0 Å². The summed E-state index contributed by atoms with van der Waals surface area (Å²) in [6.07, 6.45) is 2.82. The molecule has 1 aromatic heterocycles. The van der Waals surface area contributed by atoms with E-state index in [0.29, 0.717) is 21.5 Å². The molecule has 0 bridgehead atoms. The van der Waals surface area contributed by atoms with Gasteiger partial charge >= 0.3 is 5.97 Å². The van der Waals surface area contributed by atoms with E-state index in [1.807, 2.05) is 0 Å². The Morgan fingerprint density at radius 3 is 2.35 bits per heavy atom. The lowest BCUT2D eigenvalue weighted by Gasteiger charge is -2.14. The zero-order chi connectivity index (χ0) is 19.0. The van der Waals surface area contributed by atoms with Gasteiger partial charge in [0.05, 0.1) is 11.1 Å². The van der Waals surface area contributed by atoms with Gasteiger partial charge in [0.2, 0.25) is 0 Å². The highest BCUT2D eigenvalue weighted by Crippen LogP contribution is 2.28. The number of fused-ring (bicyclic) bond motifs is 1. The third kappa shape index (κ3) is 2.74. The van der Waals surface area contributed by atoms with Gasteiger partial charge in [0.25, 0.3) is 11.8 Å². The van der Waals surface area contributed by atoms with Gasteiger partial charge in [-0.2, -0.15) is 0 Å². The molecule has 2 N–H and O–H groups in total. The maximum absolute atomic E-state index is 12.4. The Hall–Kier alpha value is -3.12.